The Morgan fingerprint density at radius 1 is 1.10 bits per heavy atom. The molecule has 1 aliphatic heterocycles. The lowest BCUT2D eigenvalue weighted by atomic mass is 10.1. The van der Waals surface area contributed by atoms with Crippen LogP contribution >= 0.6 is 0 Å². The van der Waals surface area contributed by atoms with Crippen LogP contribution in [0, 0.1) is 5.92 Å². The number of carbonyl (C=O) groups is 1. The van der Waals surface area contributed by atoms with E-state index in [9.17, 15) is 4.79 Å². The van der Waals surface area contributed by atoms with Gasteiger partial charge in [0.1, 0.15) is 5.69 Å². The zero-order valence-corrected chi connectivity index (χ0v) is 17.0. The molecule has 0 fully saturated rings. The maximum atomic E-state index is 12.9. The first-order valence-corrected chi connectivity index (χ1v) is 10.2. The van der Waals surface area contributed by atoms with Crippen LogP contribution in [0.4, 0.5) is 0 Å². The minimum atomic E-state index is -0.162. The van der Waals surface area contributed by atoms with E-state index in [2.05, 4.69) is 30.2 Å². The lowest BCUT2D eigenvalue weighted by Crippen LogP contribution is -2.26. The standard InChI is InChI=1S/C24H23N3O3/c1-14(2)9-10-25-24(28)19-12-17-16-5-3-4-6-18(16)26-23(17)22(27-19)15-7-8-20-21(11-15)30-13-29-20/h3-8,11-12,14,26H,9-10,13H2,1-2H3,(H,25,28). The molecule has 30 heavy (non-hydrogen) atoms. The predicted molar refractivity (Wildman–Crippen MR) is 117 cm³/mol. The van der Waals surface area contributed by atoms with E-state index in [0.717, 1.165) is 39.5 Å². The number of rotatable bonds is 5. The Balaban J connectivity index is 1.65. The smallest absolute Gasteiger partial charge is 0.269 e. The van der Waals surface area contributed by atoms with Crippen LogP contribution in [0.3, 0.4) is 0 Å². The molecule has 0 bridgehead atoms. The van der Waals surface area contributed by atoms with Gasteiger partial charge in [0.05, 0.1) is 11.2 Å². The van der Waals surface area contributed by atoms with Crippen molar-refractivity contribution in [3.8, 4) is 22.8 Å². The normalized spacial score (nSPS) is 12.8. The molecule has 1 amide bonds. The average molecular weight is 401 g/mol. The van der Waals surface area contributed by atoms with E-state index in [-0.39, 0.29) is 12.7 Å². The molecule has 0 saturated carbocycles. The Morgan fingerprint density at radius 3 is 2.80 bits per heavy atom. The number of ether oxygens (including phenoxy) is 2. The number of carbonyl (C=O) groups excluding carboxylic acids is 1. The number of H-pyrrole nitrogens is 1. The van der Waals surface area contributed by atoms with E-state index in [1.54, 1.807) is 0 Å². The van der Waals surface area contributed by atoms with Gasteiger partial charge in [0.2, 0.25) is 6.79 Å². The summed E-state index contributed by atoms with van der Waals surface area (Å²) in [5.74, 6) is 1.77. The number of aromatic amines is 1. The largest absolute Gasteiger partial charge is 0.454 e. The van der Waals surface area contributed by atoms with Crippen molar-refractivity contribution in [2.75, 3.05) is 13.3 Å². The molecule has 2 N–H and O–H groups in total. The van der Waals surface area contributed by atoms with Crippen molar-refractivity contribution in [2.24, 2.45) is 5.92 Å². The van der Waals surface area contributed by atoms with Crippen molar-refractivity contribution in [3.63, 3.8) is 0 Å². The summed E-state index contributed by atoms with van der Waals surface area (Å²) in [6, 6.07) is 15.7. The zero-order valence-electron chi connectivity index (χ0n) is 17.0. The molecule has 2 aromatic carbocycles. The van der Waals surface area contributed by atoms with Crippen molar-refractivity contribution in [1.29, 1.82) is 0 Å². The summed E-state index contributed by atoms with van der Waals surface area (Å²) in [7, 11) is 0. The van der Waals surface area contributed by atoms with E-state index in [0.29, 0.717) is 29.7 Å². The number of aromatic nitrogens is 2. The van der Waals surface area contributed by atoms with Gasteiger partial charge in [-0.1, -0.05) is 32.0 Å². The van der Waals surface area contributed by atoms with Gasteiger partial charge in [0.25, 0.3) is 5.91 Å². The van der Waals surface area contributed by atoms with E-state index in [1.165, 1.54) is 0 Å². The second kappa shape index (κ2) is 7.37. The molecular formula is C24H23N3O3. The molecule has 0 unspecified atom stereocenters. The number of nitrogens with zero attached hydrogens (tertiary/aromatic N) is 1. The van der Waals surface area contributed by atoms with Crippen molar-refractivity contribution in [2.45, 2.75) is 20.3 Å². The zero-order chi connectivity index (χ0) is 20.7. The highest BCUT2D eigenvalue weighted by molar-refractivity contribution is 6.13. The lowest BCUT2D eigenvalue weighted by molar-refractivity contribution is 0.0947. The molecule has 0 atom stereocenters. The quantitative estimate of drug-likeness (QED) is 0.499. The molecule has 6 heteroatoms. The van der Waals surface area contributed by atoms with Gasteiger partial charge in [0.15, 0.2) is 11.5 Å². The van der Waals surface area contributed by atoms with E-state index in [1.807, 2.05) is 42.5 Å². The number of para-hydroxylation sites is 1. The monoisotopic (exact) mass is 401 g/mol. The lowest BCUT2D eigenvalue weighted by Gasteiger charge is -2.10. The predicted octanol–water partition coefficient (Wildman–Crippen LogP) is 4.89. The minimum absolute atomic E-state index is 0.162. The van der Waals surface area contributed by atoms with E-state index >= 15 is 0 Å². The van der Waals surface area contributed by atoms with Crippen LogP contribution in [0.5, 0.6) is 11.5 Å². The topological polar surface area (TPSA) is 76.2 Å². The fraction of sp³-hybridized carbons (Fsp3) is 0.250. The number of pyridine rings is 1. The number of nitrogens with one attached hydrogen (secondary N) is 2. The summed E-state index contributed by atoms with van der Waals surface area (Å²) in [6.45, 7) is 5.12. The van der Waals surface area contributed by atoms with Crippen LogP contribution in [0.2, 0.25) is 0 Å². The van der Waals surface area contributed by atoms with Crippen LogP contribution in [0.25, 0.3) is 33.1 Å². The SMILES string of the molecule is CC(C)CCNC(=O)c1cc2c([nH]c3ccccc32)c(-c2ccc3c(c2)OCO3)n1. The second-order valence-corrected chi connectivity index (χ2v) is 7.96. The molecule has 0 saturated heterocycles. The Hall–Kier alpha value is -3.54. The number of benzene rings is 2. The molecule has 3 heterocycles. The summed E-state index contributed by atoms with van der Waals surface area (Å²) in [5, 5.41) is 5.04. The first-order valence-electron chi connectivity index (χ1n) is 10.2. The van der Waals surface area contributed by atoms with E-state index < -0.39 is 0 Å². The van der Waals surface area contributed by atoms with Crippen LogP contribution in [-0.4, -0.2) is 29.2 Å². The van der Waals surface area contributed by atoms with Gasteiger partial charge in [-0.15, -0.1) is 0 Å². The highest BCUT2D eigenvalue weighted by Gasteiger charge is 2.20. The summed E-state index contributed by atoms with van der Waals surface area (Å²) < 4.78 is 11.0. The molecule has 5 rings (SSSR count). The average Bonchev–Trinajstić information content (AvgIpc) is 3.36. The molecule has 2 aromatic heterocycles. The summed E-state index contributed by atoms with van der Waals surface area (Å²) in [6.07, 6.45) is 0.927. The summed E-state index contributed by atoms with van der Waals surface area (Å²) in [4.78, 5) is 21.1. The molecule has 6 nitrogen and oxygen atoms in total. The van der Waals surface area contributed by atoms with Crippen LogP contribution in [0.15, 0.2) is 48.5 Å². The Bertz CT molecular complexity index is 1260. The molecule has 4 aromatic rings. The van der Waals surface area contributed by atoms with Crippen molar-refractivity contribution in [3.05, 3.63) is 54.2 Å². The van der Waals surface area contributed by atoms with Crippen molar-refractivity contribution >= 4 is 27.7 Å². The third-order valence-electron chi connectivity index (χ3n) is 5.38. The summed E-state index contributed by atoms with van der Waals surface area (Å²) >= 11 is 0. The fourth-order valence-electron chi connectivity index (χ4n) is 3.78. The van der Waals surface area contributed by atoms with Gasteiger partial charge in [-0.05, 0) is 42.7 Å². The van der Waals surface area contributed by atoms with Crippen LogP contribution in [0.1, 0.15) is 30.8 Å². The van der Waals surface area contributed by atoms with E-state index in [4.69, 9.17) is 14.5 Å². The molecule has 0 radical (unpaired) electrons. The fourth-order valence-corrected chi connectivity index (χ4v) is 3.78. The third-order valence-corrected chi connectivity index (χ3v) is 5.38. The number of hydrogen-bond donors (Lipinski definition) is 2. The second-order valence-electron chi connectivity index (χ2n) is 7.96. The first-order chi connectivity index (χ1) is 14.6. The Kier molecular flexibility index (Phi) is 4.54. The maximum Gasteiger partial charge on any atom is 0.269 e. The van der Waals surface area contributed by atoms with Gasteiger partial charge in [0, 0.05) is 28.4 Å². The molecule has 1 aliphatic rings. The Labute approximate surface area is 174 Å². The minimum Gasteiger partial charge on any atom is -0.454 e. The highest BCUT2D eigenvalue weighted by atomic mass is 16.7. The summed E-state index contributed by atoms with van der Waals surface area (Å²) in [5.41, 5.74) is 3.90. The third kappa shape index (κ3) is 3.24. The first kappa shape index (κ1) is 18.5. The molecule has 152 valence electrons. The van der Waals surface area contributed by atoms with Gasteiger partial charge >= 0.3 is 0 Å². The number of fused-ring (bicyclic) bond motifs is 4. The highest BCUT2D eigenvalue weighted by Crippen LogP contribution is 2.38. The van der Waals surface area contributed by atoms with Gasteiger partial charge in [-0.3, -0.25) is 4.79 Å². The molecule has 0 aliphatic carbocycles. The van der Waals surface area contributed by atoms with Crippen LogP contribution < -0.4 is 14.8 Å². The number of hydrogen-bond acceptors (Lipinski definition) is 4. The van der Waals surface area contributed by atoms with Crippen molar-refractivity contribution < 1.29 is 14.3 Å². The number of amides is 1. The van der Waals surface area contributed by atoms with Crippen molar-refractivity contribution in [1.82, 2.24) is 15.3 Å². The van der Waals surface area contributed by atoms with Crippen LogP contribution in [-0.2, 0) is 0 Å². The maximum absolute atomic E-state index is 12.9. The Morgan fingerprint density at radius 2 is 1.93 bits per heavy atom. The molecular weight excluding hydrogens is 378 g/mol. The van der Waals surface area contributed by atoms with Gasteiger partial charge < -0.3 is 19.8 Å². The van der Waals surface area contributed by atoms with Gasteiger partial charge in [-0.25, -0.2) is 4.98 Å². The van der Waals surface area contributed by atoms with Gasteiger partial charge in [-0.2, -0.15) is 0 Å². The molecule has 0 spiro atoms.